The number of nitrogens with one attached hydrogen (secondary N) is 1. The smallest absolute Gasteiger partial charge is 0.155 e. The molecule has 0 bridgehead atoms. The Hall–Kier alpha value is -2.56. The summed E-state index contributed by atoms with van der Waals surface area (Å²) < 4.78 is 1.86. The van der Waals surface area contributed by atoms with Gasteiger partial charge in [0.05, 0.1) is 23.6 Å². The Labute approximate surface area is 168 Å². The third-order valence-corrected chi connectivity index (χ3v) is 5.29. The quantitative estimate of drug-likeness (QED) is 0.417. The Bertz CT molecular complexity index is 1100. The zero-order chi connectivity index (χ0) is 19.1. The van der Waals surface area contributed by atoms with E-state index in [-0.39, 0.29) is 0 Å². The van der Waals surface area contributed by atoms with Crippen LogP contribution in [0.5, 0.6) is 0 Å². The molecule has 0 aliphatic carbocycles. The molecule has 1 aromatic heterocycles. The van der Waals surface area contributed by atoms with E-state index in [9.17, 15) is 0 Å². The van der Waals surface area contributed by atoms with Crippen molar-refractivity contribution in [2.24, 2.45) is 4.99 Å². The van der Waals surface area contributed by atoms with Crippen LogP contribution in [0.15, 0.2) is 54.0 Å². The number of halogens is 2. The fourth-order valence-electron chi connectivity index (χ4n) is 3.22. The standard InChI is InChI=1S/C21H18Cl2N4/c1-4-9-27-21-19(13(3)26-27)25-20(14-7-5-6-8-16(14)22)15-10-12(2)17(23)11-18(15)24-21/h4-8,10-11,24H,1,9H2,2-3H3. The van der Waals surface area contributed by atoms with Gasteiger partial charge in [-0.15, -0.1) is 6.58 Å². The molecule has 2 heterocycles. The van der Waals surface area contributed by atoms with Gasteiger partial charge in [0.2, 0.25) is 0 Å². The normalized spacial score (nSPS) is 12.5. The van der Waals surface area contributed by atoms with E-state index in [1.54, 1.807) is 6.08 Å². The van der Waals surface area contributed by atoms with Gasteiger partial charge in [0.1, 0.15) is 5.69 Å². The molecule has 4 rings (SSSR count). The molecular formula is C21H18Cl2N4. The molecule has 0 saturated carbocycles. The maximum atomic E-state index is 6.51. The van der Waals surface area contributed by atoms with E-state index in [1.807, 2.05) is 54.9 Å². The van der Waals surface area contributed by atoms with Crippen molar-refractivity contribution in [2.45, 2.75) is 20.4 Å². The Balaban J connectivity index is 2.05. The highest BCUT2D eigenvalue weighted by Crippen LogP contribution is 2.40. The summed E-state index contributed by atoms with van der Waals surface area (Å²) in [6.07, 6.45) is 1.81. The molecule has 3 aromatic rings. The predicted octanol–water partition coefficient (Wildman–Crippen LogP) is 6.22. The van der Waals surface area contributed by atoms with Crippen molar-refractivity contribution in [3.8, 4) is 0 Å². The van der Waals surface area contributed by atoms with Crippen molar-refractivity contribution in [3.63, 3.8) is 0 Å². The number of aryl methyl sites for hydroxylation is 2. The molecule has 0 atom stereocenters. The molecule has 2 aromatic carbocycles. The van der Waals surface area contributed by atoms with E-state index in [2.05, 4.69) is 17.0 Å². The SMILES string of the molecule is C=CCn1nc(C)c2c1Nc1cc(Cl)c(C)cc1C(c1ccccc1Cl)=N2. The highest BCUT2D eigenvalue weighted by Gasteiger charge is 2.24. The summed E-state index contributed by atoms with van der Waals surface area (Å²) in [6, 6.07) is 11.7. The summed E-state index contributed by atoms with van der Waals surface area (Å²) in [4.78, 5) is 4.99. The molecule has 1 N–H and O–H groups in total. The van der Waals surface area contributed by atoms with E-state index >= 15 is 0 Å². The van der Waals surface area contributed by atoms with Gasteiger partial charge >= 0.3 is 0 Å². The minimum absolute atomic E-state index is 0.578. The van der Waals surface area contributed by atoms with Crippen molar-refractivity contribution in [1.29, 1.82) is 0 Å². The molecule has 6 heteroatoms. The van der Waals surface area contributed by atoms with E-state index < -0.39 is 0 Å². The van der Waals surface area contributed by atoms with Crippen molar-refractivity contribution >= 4 is 46.1 Å². The summed E-state index contributed by atoms with van der Waals surface area (Å²) in [5.74, 6) is 0.815. The van der Waals surface area contributed by atoms with Crippen LogP contribution in [0.1, 0.15) is 22.4 Å². The van der Waals surface area contributed by atoms with Crippen LogP contribution in [0, 0.1) is 13.8 Å². The van der Waals surface area contributed by atoms with Crippen LogP contribution in [0.4, 0.5) is 17.2 Å². The maximum Gasteiger partial charge on any atom is 0.155 e. The van der Waals surface area contributed by atoms with Crippen LogP contribution in [0.2, 0.25) is 10.0 Å². The van der Waals surface area contributed by atoms with Gasteiger partial charge in [-0.05, 0) is 37.6 Å². The second-order valence-electron chi connectivity index (χ2n) is 6.47. The summed E-state index contributed by atoms with van der Waals surface area (Å²) in [5, 5.41) is 9.41. The zero-order valence-corrected chi connectivity index (χ0v) is 16.6. The monoisotopic (exact) mass is 396 g/mol. The largest absolute Gasteiger partial charge is 0.338 e. The van der Waals surface area contributed by atoms with Crippen LogP contribution in [-0.2, 0) is 6.54 Å². The van der Waals surface area contributed by atoms with E-state index in [0.29, 0.717) is 16.6 Å². The molecule has 0 unspecified atom stereocenters. The molecule has 1 aliphatic heterocycles. The first-order valence-electron chi connectivity index (χ1n) is 8.59. The number of aromatic nitrogens is 2. The van der Waals surface area contributed by atoms with Crippen molar-refractivity contribution < 1.29 is 0 Å². The Kier molecular flexibility index (Phi) is 4.54. The summed E-state index contributed by atoms with van der Waals surface area (Å²) >= 11 is 12.9. The molecule has 0 saturated heterocycles. The van der Waals surface area contributed by atoms with Crippen LogP contribution in [0.25, 0.3) is 0 Å². The van der Waals surface area contributed by atoms with Gasteiger partial charge in [-0.2, -0.15) is 5.10 Å². The first kappa shape index (κ1) is 17.8. The fraction of sp³-hybridized carbons (Fsp3) is 0.143. The molecule has 0 radical (unpaired) electrons. The molecule has 0 fully saturated rings. The van der Waals surface area contributed by atoms with Crippen LogP contribution in [0.3, 0.4) is 0 Å². The predicted molar refractivity (Wildman–Crippen MR) is 113 cm³/mol. The second-order valence-corrected chi connectivity index (χ2v) is 7.28. The highest BCUT2D eigenvalue weighted by atomic mass is 35.5. The second kappa shape index (κ2) is 6.87. The minimum atomic E-state index is 0.578. The first-order chi connectivity index (χ1) is 13.0. The zero-order valence-electron chi connectivity index (χ0n) is 15.1. The number of hydrogen-bond acceptors (Lipinski definition) is 3. The third-order valence-electron chi connectivity index (χ3n) is 4.56. The molecular weight excluding hydrogens is 379 g/mol. The lowest BCUT2D eigenvalue weighted by Gasteiger charge is -2.14. The third kappa shape index (κ3) is 3.05. The lowest BCUT2D eigenvalue weighted by atomic mass is 9.98. The van der Waals surface area contributed by atoms with Gasteiger partial charge in [0, 0.05) is 21.2 Å². The van der Waals surface area contributed by atoms with Crippen LogP contribution >= 0.6 is 23.2 Å². The van der Waals surface area contributed by atoms with E-state index in [4.69, 9.17) is 28.2 Å². The lowest BCUT2D eigenvalue weighted by molar-refractivity contribution is 0.703. The molecule has 136 valence electrons. The number of fused-ring (bicyclic) bond motifs is 2. The number of hydrogen-bond donors (Lipinski definition) is 1. The first-order valence-corrected chi connectivity index (χ1v) is 9.34. The lowest BCUT2D eigenvalue weighted by Crippen LogP contribution is -2.08. The Morgan fingerprint density at radius 2 is 1.89 bits per heavy atom. The molecule has 27 heavy (non-hydrogen) atoms. The Morgan fingerprint density at radius 1 is 1.11 bits per heavy atom. The van der Waals surface area contributed by atoms with Crippen molar-refractivity contribution in [2.75, 3.05) is 5.32 Å². The van der Waals surface area contributed by atoms with Gasteiger partial charge in [-0.1, -0.05) is 47.5 Å². The number of benzene rings is 2. The molecule has 0 amide bonds. The van der Waals surface area contributed by atoms with Gasteiger partial charge < -0.3 is 5.32 Å². The van der Waals surface area contributed by atoms with Crippen LogP contribution < -0.4 is 5.32 Å². The average Bonchev–Trinajstić information content (AvgIpc) is 2.82. The number of rotatable bonds is 3. The fourth-order valence-corrected chi connectivity index (χ4v) is 3.61. The average molecular weight is 397 g/mol. The molecule has 4 nitrogen and oxygen atoms in total. The van der Waals surface area contributed by atoms with Gasteiger partial charge in [-0.25, -0.2) is 9.67 Å². The number of aliphatic imine (C=N–C) groups is 1. The number of anilines is 2. The van der Waals surface area contributed by atoms with Gasteiger partial charge in [0.15, 0.2) is 5.82 Å². The summed E-state index contributed by atoms with van der Waals surface area (Å²) in [7, 11) is 0. The van der Waals surface area contributed by atoms with Crippen molar-refractivity contribution in [3.05, 3.63) is 81.5 Å². The van der Waals surface area contributed by atoms with E-state index in [0.717, 1.165) is 45.3 Å². The molecule has 1 aliphatic rings. The van der Waals surface area contributed by atoms with Gasteiger partial charge in [0.25, 0.3) is 0 Å². The van der Waals surface area contributed by atoms with Crippen molar-refractivity contribution in [1.82, 2.24) is 9.78 Å². The maximum absolute atomic E-state index is 6.51. The summed E-state index contributed by atoms with van der Waals surface area (Å²) in [5.41, 5.74) is 6.08. The number of allylic oxidation sites excluding steroid dienone is 1. The highest BCUT2D eigenvalue weighted by molar-refractivity contribution is 6.36. The number of nitrogens with zero attached hydrogens (tertiary/aromatic N) is 3. The van der Waals surface area contributed by atoms with Gasteiger partial charge in [-0.3, -0.25) is 0 Å². The minimum Gasteiger partial charge on any atom is -0.338 e. The summed E-state index contributed by atoms with van der Waals surface area (Å²) in [6.45, 7) is 8.33. The van der Waals surface area contributed by atoms with Crippen LogP contribution in [-0.4, -0.2) is 15.5 Å². The molecule has 0 spiro atoms. The Morgan fingerprint density at radius 3 is 2.63 bits per heavy atom. The van der Waals surface area contributed by atoms with E-state index in [1.165, 1.54) is 0 Å². The topological polar surface area (TPSA) is 42.2 Å².